The minimum absolute atomic E-state index is 0.0166. The molecule has 0 saturated carbocycles. The van der Waals surface area contributed by atoms with E-state index in [1.54, 1.807) is 12.1 Å². The number of morpholine rings is 1. The largest absolute Gasteiger partial charge is 0.379 e. The van der Waals surface area contributed by atoms with E-state index in [1.807, 2.05) is 0 Å². The quantitative estimate of drug-likeness (QED) is 0.659. The first kappa shape index (κ1) is 22.4. The summed E-state index contributed by atoms with van der Waals surface area (Å²) in [4.78, 5) is 38.8. The van der Waals surface area contributed by atoms with Gasteiger partial charge in [0.25, 0.3) is 11.8 Å². The molecule has 2 aliphatic rings. The highest BCUT2D eigenvalue weighted by Crippen LogP contribution is 2.29. The van der Waals surface area contributed by atoms with Crippen LogP contribution in [0.25, 0.3) is 0 Å². The average molecular weight is 478 g/mol. The molecule has 1 saturated heterocycles. The third kappa shape index (κ3) is 3.90. The number of anilines is 1. The molecular formula is C21H20ClN3O6S. The Kier molecular flexibility index (Phi) is 6.04. The lowest BCUT2D eigenvalue weighted by molar-refractivity contribution is -0.119. The summed E-state index contributed by atoms with van der Waals surface area (Å²) in [7, 11) is -3.89. The second-order valence-corrected chi connectivity index (χ2v) is 9.67. The van der Waals surface area contributed by atoms with E-state index < -0.39 is 33.8 Å². The minimum atomic E-state index is -3.89. The van der Waals surface area contributed by atoms with Crippen molar-refractivity contribution in [2.24, 2.45) is 0 Å². The van der Waals surface area contributed by atoms with Gasteiger partial charge in [-0.1, -0.05) is 23.7 Å². The van der Waals surface area contributed by atoms with Crippen LogP contribution in [0, 0.1) is 0 Å². The van der Waals surface area contributed by atoms with Crippen molar-refractivity contribution in [2.75, 3.05) is 31.6 Å². The Hall–Kier alpha value is -2.79. The first-order chi connectivity index (χ1) is 15.2. The number of sulfonamides is 1. The Morgan fingerprint density at radius 2 is 1.66 bits per heavy atom. The fourth-order valence-corrected chi connectivity index (χ4v) is 5.54. The van der Waals surface area contributed by atoms with Crippen molar-refractivity contribution >= 4 is 45.0 Å². The first-order valence-electron chi connectivity index (χ1n) is 9.87. The van der Waals surface area contributed by atoms with Crippen LogP contribution in [0.4, 0.5) is 5.69 Å². The molecule has 2 aliphatic heterocycles. The number of hydrogen-bond donors (Lipinski definition) is 1. The SMILES string of the molecule is CC(C(=O)Nc1ccc(Cl)c(S(=O)(=O)N2CCOCC2)c1)N1C(=O)c2ccccc2C1=O. The van der Waals surface area contributed by atoms with E-state index in [-0.39, 0.29) is 53.0 Å². The zero-order chi connectivity index (χ0) is 23.0. The predicted molar refractivity (Wildman–Crippen MR) is 116 cm³/mol. The third-order valence-corrected chi connectivity index (χ3v) is 7.76. The minimum Gasteiger partial charge on any atom is -0.379 e. The predicted octanol–water partition coefficient (Wildman–Crippen LogP) is 1.98. The maximum absolute atomic E-state index is 13.0. The number of amides is 3. The number of halogens is 1. The molecule has 32 heavy (non-hydrogen) atoms. The van der Waals surface area contributed by atoms with Crippen molar-refractivity contribution < 1.29 is 27.5 Å². The molecule has 3 amide bonds. The van der Waals surface area contributed by atoms with E-state index in [1.165, 1.54) is 41.6 Å². The lowest BCUT2D eigenvalue weighted by Crippen LogP contribution is -2.45. The van der Waals surface area contributed by atoms with Gasteiger partial charge >= 0.3 is 0 Å². The van der Waals surface area contributed by atoms with E-state index in [0.29, 0.717) is 0 Å². The van der Waals surface area contributed by atoms with Crippen LogP contribution in [0.3, 0.4) is 0 Å². The van der Waals surface area contributed by atoms with Crippen LogP contribution in [-0.4, -0.2) is 67.7 Å². The van der Waals surface area contributed by atoms with Gasteiger partial charge in [-0.15, -0.1) is 0 Å². The van der Waals surface area contributed by atoms with Gasteiger partial charge in [-0.05, 0) is 37.3 Å². The molecule has 2 heterocycles. The van der Waals surface area contributed by atoms with Crippen molar-refractivity contribution in [1.29, 1.82) is 0 Å². The number of ether oxygens (including phenoxy) is 1. The van der Waals surface area contributed by atoms with Gasteiger partial charge in [0.05, 0.1) is 29.4 Å². The fraction of sp³-hybridized carbons (Fsp3) is 0.286. The molecule has 2 aromatic rings. The Balaban J connectivity index is 1.55. The normalized spacial score (nSPS) is 17.9. The van der Waals surface area contributed by atoms with Gasteiger partial charge in [-0.3, -0.25) is 19.3 Å². The molecule has 0 bridgehead atoms. The lowest BCUT2D eigenvalue weighted by Gasteiger charge is -2.26. The third-order valence-electron chi connectivity index (χ3n) is 5.38. The molecule has 0 radical (unpaired) electrons. The maximum Gasteiger partial charge on any atom is 0.262 e. The van der Waals surface area contributed by atoms with Crippen molar-refractivity contribution in [1.82, 2.24) is 9.21 Å². The number of nitrogens with one attached hydrogen (secondary N) is 1. The molecule has 4 rings (SSSR count). The van der Waals surface area contributed by atoms with Gasteiger partial charge < -0.3 is 10.1 Å². The zero-order valence-electron chi connectivity index (χ0n) is 17.1. The summed E-state index contributed by atoms with van der Waals surface area (Å²) in [6, 6.07) is 9.32. The highest BCUT2D eigenvalue weighted by atomic mass is 35.5. The zero-order valence-corrected chi connectivity index (χ0v) is 18.6. The summed E-state index contributed by atoms with van der Waals surface area (Å²) in [6.45, 7) is 2.40. The second kappa shape index (κ2) is 8.62. The Labute approximate surface area is 189 Å². The summed E-state index contributed by atoms with van der Waals surface area (Å²) in [5.41, 5.74) is 0.653. The molecule has 1 atom stereocenters. The number of fused-ring (bicyclic) bond motifs is 1. The van der Waals surface area contributed by atoms with Crippen molar-refractivity contribution in [3.8, 4) is 0 Å². The average Bonchev–Trinajstić information content (AvgIpc) is 3.05. The summed E-state index contributed by atoms with van der Waals surface area (Å²) in [5.74, 6) is -1.75. The van der Waals surface area contributed by atoms with Crippen LogP contribution in [0.5, 0.6) is 0 Å². The monoisotopic (exact) mass is 477 g/mol. The number of rotatable bonds is 5. The molecule has 0 spiro atoms. The first-order valence-corrected chi connectivity index (χ1v) is 11.7. The van der Waals surface area contributed by atoms with Gasteiger partial charge in [0.15, 0.2) is 0 Å². The second-order valence-electron chi connectivity index (χ2n) is 7.35. The van der Waals surface area contributed by atoms with Crippen molar-refractivity contribution in [3.05, 3.63) is 58.6 Å². The van der Waals surface area contributed by atoms with Gasteiger partial charge in [0, 0.05) is 18.8 Å². The molecule has 2 aromatic carbocycles. The van der Waals surface area contributed by atoms with Crippen molar-refractivity contribution in [3.63, 3.8) is 0 Å². The topological polar surface area (TPSA) is 113 Å². The van der Waals surface area contributed by atoms with Gasteiger partial charge in [0.2, 0.25) is 15.9 Å². The van der Waals surface area contributed by atoms with Crippen LogP contribution < -0.4 is 5.32 Å². The highest BCUT2D eigenvalue weighted by molar-refractivity contribution is 7.89. The molecule has 0 aliphatic carbocycles. The molecule has 1 fully saturated rings. The van der Waals surface area contributed by atoms with Crippen LogP contribution in [-0.2, 0) is 19.6 Å². The Bertz CT molecular complexity index is 1170. The van der Waals surface area contributed by atoms with Gasteiger partial charge in [0.1, 0.15) is 10.9 Å². The number of benzene rings is 2. The standard InChI is InChI=1S/C21H20ClN3O6S/c1-13(25-20(27)15-4-2-3-5-16(15)21(25)28)19(26)23-14-6-7-17(22)18(12-14)32(29,30)24-8-10-31-11-9-24/h2-7,12-13H,8-11H2,1H3,(H,23,26). The lowest BCUT2D eigenvalue weighted by atomic mass is 10.1. The number of carbonyl (C=O) groups excluding carboxylic acids is 3. The fourth-order valence-electron chi connectivity index (χ4n) is 3.63. The van der Waals surface area contributed by atoms with Crippen LogP contribution in [0.2, 0.25) is 5.02 Å². The highest BCUT2D eigenvalue weighted by Gasteiger charge is 2.40. The van der Waals surface area contributed by atoms with E-state index >= 15 is 0 Å². The molecular weight excluding hydrogens is 458 g/mol. The van der Waals surface area contributed by atoms with Crippen LogP contribution in [0.1, 0.15) is 27.6 Å². The molecule has 1 N–H and O–H groups in total. The molecule has 1 unspecified atom stereocenters. The maximum atomic E-state index is 13.0. The number of carbonyl (C=O) groups is 3. The van der Waals surface area contributed by atoms with Crippen LogP contribution in [0.15, 0.2) is 47.4 Å². The summed E-state index contributed by atoms with van der Waals surface area (Å²) >= 11 is 6.15. The molecule has 0 aromatic heterocycles. The van der Waals surface area contributed by atoms with E-state index in [0.717, 1.165) is 4.90 Å². The number of nitrogens with zero attached hydrogens (tertiary/aromatic N) is 2. The molecule has 9 nitrogen and oxygen atoms in total. The number of imide groups is 1. The Morgan fingerprint density at radius 1 is 1.06 bits per heavy atom. The van der Waals surface area contributed by atoms with E-state index in [9.17, 15) is 22.8 Å². The number of hydrogen-bond acceptors (Lipinski definition) is 6. The summed E-state index contributed by atoms with van der Waals surface area (Å²) in [6.07, 6.45) is 0. The Morgan fingerprint density at radius 3 is 2.25 bits per heavy atom. The smallest absolute Gasteiger partial charge is 0.262 e. The summed E-state index contributed by atoms with van der Waals surface area (Å²) < 4.78 is 32.4. The van der Waals surface area contributed by atoms with E-state index in [2.05, 4.69) is 5.32 Å². The van der Waals surface area contributed by atoms with Crippen LogP contribution >= 0.6 is 11.6 Å². The molecule has 168 valence electrons. The van der Waals surface area contributed by atoms with Crippen molar-refractivity contribution in [2.45, 2.75) is 17.9 Å². The summed E-state index contributed by atoms with van der Waals surface area (Å²) in [5, 5.41) is 2.59. The molecule has 11 heteroatoms. The van der Waals surface area contributed by atoms with Gasteiger partial charge in [-0.25, -0.2) is 8.42 Å². The van der Waals surface area contributed by atoms with E-state index in [4.69, 9.17) is 16.3 Å². The van der Waals surface area contributed by atoms with Gasteiger partial charge in [-0.2, -0.15) is 4.31 Å².